The highest BCUT2D eigenvalue weighted by molar-refractivity contribution is 7.80. The minimum atomic E-state index is -1.67. The van der Waals surface area contributed by atoms with E-state index in [2.05, 4.69) is 35.9 Å². The van der Waals surface area contributed by atoms with Gasteiger partial charge in [0, 0.05) is 11.5 Å². The zero-order chi connectivity index (χ0) is 20.4. The van der Waals surface area contributed by atoms with Crippen molar-refractivity contribution >= 4 is 54.9 Å². The molecule has 0 aromatic carbocycles. The Morgan fingerprint density at radius 2 is 1.23 bits per heavy atom. The SMILES string of the molecule is CC(N)C(=O)NC(CS)C(=O)NC(CS)C(=O)NC(CC(=O)O)C(=O)O. The van der Waals surface area contributed by atoms with Crippen LogP contribution < -0.4 is 21.7 Å². The molecule has 0 saturated heterocycles. The lowest BCUT2D eigenvalue weighted by molar-refractivity contribution is -0.147. The van der Waals surface area contributed by atoms with Crippen molar-refractivity contribution in [2.24, 2.45) is 5.73 Å². The molecule has 13 heteroatoms. The largest absolute Gasteiger partial charge is 0.481 e. The minimum absolute atomic E-state index is 0.0814. The van der Waals surface area contributed by atoms with Crippen LogP contribution in [0.4, 0.5) is 0 Å². The van der Waals surface area contributed by atoms with Crippen molar-refractivity contribution in [3.05, 3.63) is 0 Å². The number of carboxylic acid groups (broad SMARTS) is 2. The highest BCUT2D eigenvalue weighted by Crippen LogP contribution is 1.98. The normalized spacial score (nSPS) is 15.1. The maximum atomic E-state index is 12.2. The second-order valence-electron chi connectivity index (χ2n) is 5.27. The van der Waals surface area contributed by atoms with E-state index in [1.54, 1.807) is 0 Å². The van der Waals surface area contributed by atoms with Gasteiger partial charge in [-0.1, -0.05) is 0 Å². The molecule has 0 bridgehead atoms. The third kappa shape index (κ3) is 8.40. The van der Waals surface area contributed by atoms with Gasteiger partial charge in [0.05, 0.1) is 12.5 Å². The number of carbonyl (C=O) groups is 5. The van der Waals surface area contributed by atoms with Gasteiger partial charge in [0.15, 0.2) is 0 Å². The number of carboxylic acids is 2. The van der Waals surface area contributed by atoms with Gasteiger partial charge in [-0.15, -0.1) is 0 Å². The van der Waals surface area contributed by atoms with E-state index in [4.69, 9.17) is 15.9 Å². The Hall–Kier alpha value is -1.99. The Morgan fingerprint density at radius 3 is 1.54 bits per heavy atom. The molecule has 0 saturated carbocycles. The quantitative estimate of drug-likeness (QED) is 0.168. The number of aliphatic carboxylic acids is 2. The Morgan fingerprint density at radius 1 is 0.846 bits per heavy atom. The zero-order valence-electron chi connectivity index (χ0n) is 13.8. The number of thiol groups is 2. The van der Waals surface area contributed by atoms with Gasteiger partial charge in [-0.25, -0.2) is 4.79 Å². The first-order chi connectivity index (χ1) is 12.0. The van der Waals surface area contributed by atoms with E-state index >= 15 is 0 Å². The standard InChI is InChI=1S/C13H22N4O7S2/c1-5(14)10(20)16-7(3-25)12(22)17-8(4-26)11(21)15-6(13(23)24)2-9(18)19/h5-8,25-26H,2-4,14H2,1H3,(H,15,21)(H,16,20)(H,17,22)(H,18,19)(H,23,24). The lowest BCUT2D eigenvalue weighted by Gasteiger charge is -2.23. The molecule has 26 heavy (non-hydrogen) atoms. The van der Waals surface area contributed by atoms with Gasteiger partial charge < -0.3 is 31.9 Å². The number of carbonyl (C=O) groups excluding carboxylic acids is 3. The van der Waals surface area contributed by atoms with Crippen LogP contribution >= 0.6 is 25.3 Å². The third-order valence-corrected chi connectivity index (χ3v) is 3.77. The molecule has 3 amide bonds. The Kier molecular flexibility index (Phi) is 10.7. The molecule has 0 aromatic heterocycles. The summed E-state index contributed by atoms with van der Waals surface area (Å²) in [6, 6.07) is -4.86. The highest BCUT2D eigenvalue weighted by Gasteiger charge is 2.29. The molecule has 0 radical (unpaired) electrons. The van der Waals surface area contributed by atoms with Gasteiger partial charge in [-0.05, 0) is 6.92 Å². The summed E-state index contributed by atoms with van der Waals surface area (Å²) < 4.78 is 0. The lowest BCUT2D eigenvalue weighted by atomic mass is 10.2. The zero-order valence-corrected chi connectivity index (χ0v) is 15.6. The molecular formula is C13H22N4O7S2. The van der Waals surface area contributed by atoms with E-state index in [-0.39, 0.29) is 11.5 Å². The molecule has 4 unspecified atom stereocenters. The van der Waals surface area contributed by atoms with Crippen LogP contribution in [0.25, 0.3) is 0 Å². The van der Waals surface area contributed by atoms with Crippen molar-refractivity contribution < 1.29 is 34.2 Å². The van der Waals surface area contributed by atoms with Crippen LogP contribution in [0.5, 0.6) is 0 Å². The number of nitrogens with two attached hydrogens (primary N) is 1. The molecule has 0 aliphatic heterocycles. The third-order valence-electron chi connectivity index (χ3n) is 3.04. The molecule has 0 aliphatic carbocycles. The molecule has 148 valence electrons. The maximum absolute atomic E-state index is 12.2. The van der Waals surface area contributed by atoms with Crippen LogP contribution in [0, 0.1) is 0 Å². The predicted molar refractivity (Wildman–Crippen MR) is 97.0 cm³/mol. The highest BCUT2D eigenvalue weighted by atomic mass is 32.1. The second kappa shape index (κ2) is 11.6. The number of hydrogen-bond acceptors (Lipinski definition) is 8. The Balaban J connectivity index is 4.96. The van der Waals surface area contributed by atoms with Crippen LogP contribution in [0.15, 0.2) is 0 Å². The van der Waals surface area contributed by atoms with Crippen LogP contribution in [-0.2, 0) is 24.0 Å². The average molecular weight is 410 g/mol. The molecule has 0 aliphatic rings. The maximum Gasteiger partial charge on any atom is 0.326 e. The average Bonchev–Trinajstić information content (AvgIpc) is 2.55. The van der Waals surface area contributed by atoms with Crippen LogP contribution in [0.3, 0.4) is 0 Å². The van der Waals surface area contributed by atoms with Gasteiger partial charge in [0.2, 0.25) is 17.7 Å². The van der Waals surface area contributed by atoms with E-state index in [0.717, 1.165) is 0 Å². The fourth-order valence-corrected chi connectivity index (χ4v) is 2.12. The molecule has 4 atom stereocenters. The molecule has 0 fully saturated rings. The number of rotatable bonds is 11. The molecule has 0 heterocycles. The van der Waals surface area contributed by atoms with Crippen LogP contribution in [0.1, 0.15) is 13.3 Å². The van der Waals surface area contributed by atoms with E-state index in [1.807, 2.05) is 5.32 Å². The van der Waals surface area contributed by atoms with Crippen molar-refractivity contribution in [3.8, 4) is 0 Å². The monoisotopic (exact) mass is 410 g/mol. The van der Waals surface area contributed by atoms with Crippen LogP contribution in [0.2, 0.25) is 0 Å². The lowest BCUT2D eigenvalue weighted by Crippen LogP contribution is -2.58. The first kappa shape index (κ1) is 24.0. The van der Waals surface area contributed by atoms with Gasteiger partial charge in [0.1, 0.15) is 18.1 Å². The molecule has 0 spiro atoms. The number of hydrogen-bond donors (Lipinski definition) is 8. The summed E-state index contributed by atoms with van der Waals surface area (Å²) in [6.07, 6.45) is -0.835. The number of amides is 3. The van der Waals surface area contributed by atoms with Gasteiger partial charge in [0.25, 0.3) is 0 Å². The van der Waals surface area contributed by atoms with Gasteiger partial charge in [-0.2, -0.15) is 25.3 Å². The molecule has 11 nitrogen and oxygen atoms in total. The van der Waals surface area contributed by atoms with Crippen molar-refractivity contribution in [1.82, 2.24) is 16.0 Å². The summed E-state index contributed by atoms with van der Waals surface area (Å²) in [7, 11) is 0. The first-order valence-corrected chi connectivity index (χ1v) is 8.62. The molecule has 7 N–H and O–H groups in total. The van der Waals surface area contributed by atoms with Crippen molar-refractivity contribution in [2.75, 3.05) is 11.5 Å². The summed E-state index contributed by atoms with van der Waals surface area (Å²) in [6.45, 7) is 1.42. The van der Waals surface area contributed by atoms with Crippen molar-refractivity contribution in [2.45, 2.75) is 37.5 Å². The molecule has 0 rings (SSSR count). The number of nitrogens with one attached hydrogen (secondary N) is 3. The first-order valence-electron chi connectivity index (χ1n) is 7.36. The van der Waals surface area contributed by atoms with E-state index in [0.29, 0.717) is 0 Å². The van der Waals surface area contributed by atoms with Crippen molar-refractivity contribution in [1.29, 1.82) is 0 Å². The Bertz CT molecular complexity index is 559. The van der Waals surface area contributed by atoms with Crippen LogP contribution in [-0.4, -0.2) is 75.5 Å². The fourth-order valence-electron chi connectivity index (χ4n) is 1.61. The van der Waals surface area contributed by atoms with E-state index in [9.17, 15) is 24.0 Å². The van der Waals surface area contributed by atoms with Gasteiger partial charge >= 0.3 is 11.9 Å². The summed E-state index contributed by atoms with van der Waals surface area (Å²) in [5, 5.41) is 24.2. The topological polar surface area (TPSA) is 188 Å². The van der Waals surface area contributed by atoms with Crippen molar-refractivity contribution in [3.63, 3.8) is 0 Å². The fraction of sp³-hybridized carbons (Fsp3) is 0.615. The smallest absolute Gasteiger partial charge is 0.326 e. The van der Waals surface area contributed by atoms with E-state index < -0.39 is 60.2 Å². The Labute approximate surface area is 160 Å². The predicted octanol–water partition coefficient (Wildman–Crippen LogP) is -2.79. The minimum Gasteiger partial charge on any atom is -0.481 e. The van der Waals surface area contributed by atoms with Gasteiger partial charge in [-0.3, -0.25) is 19.2 Å². The van der Waals surface area contributed by atoms with E-state index in [1.165, 1.54) is 6.92 Å². The summed E-state index contributed by atoms with van der Waals surface area (Å²) in [5.74, 6) is -5.52. The summed E-state index contributed by atoms with van der Waals surface area (Å²) >= 11 is 7.85. The summed E-state index contributed by atoms with van der Waals surface area (Å²) in [4.78, 5) is 57.4. The molecular weight excluding hydrogens is 388 g/mol. The summed E-state index contributed by atoms with van der Waals surface area (Å²) in [5.41, 5.74) is 5.39. The molecule has 0 aromatic rings. The second-order valence-corrected chi connectivity index (χ2v) is 6.00.